The van der Waals surface area contributed by atoms with Crippen molar-refractivity contribution in [1.82, 2.24) is 4.98 Å². The van der Waals surface area contributed by atoms with Crippen molar-refractivity contribution in [3.8, 4) is 0 Å². The van der Waals surface area contributed by atoms with E-state index in [4.69, 9.17) is 11.6 Å². The number of benzene rings is 1. The monoisotopic (exact) mass is 386 g/mol. The van der Waals surface area contributed by atoms with E-state index in [-0.39, 0.29) is 12.3 Å². The van der Waals surface area contributed by atoms with Crippen LogP contribution in [0.15, 0.2) is 36.5 Å². The topological polar surface area (TPSA) is 42.0 Å². The number of aryl methyl sites for hydroxylation is 1. The van der Waals surface area contributed by atoms with Crippen LogP contribution in [-0.2, 0) is 11.2 Å². The second kappa shape index (κ2) is 6.34. The predicted octanol–water partition coefficient (Wildman–Crippen LogP) is 3.83. The van der Waals surface area contributed by atoms with Gasteiger partial charge in [-0.1, -0.05) is 17.7 Å². The number of rotatable bonds is 3. The molecule has 1 aromatic heterocycles. The van der Waals surface area contributed by atoms with Crippen LogP contribution in [0.25, 0.3) is 0 Å². The molecule has 0 spiro atoms. The first-order valence-corrected chi connectivity index (χ1v) is 7.17. The highest BCUT2D eigenvalue weighted by Gasteiger charge is 2.09. The molecule has 0 unspecified atom stereocenters. The molecule has 1 heterocycles. The van der Waals surface area contributed by atoms with Crippen molar-refractivity contribution in [3.05, 3.63) is 56.4 Å². The van der Waals surface area contributed by atoms with Crippen LogP contribution in [0.3, 0.4) is 0 Å². The van der Waals surface area contributed by atoms with E-state index in [9.17, 15) is 4.79 Å². The van der Waals surface area contributed by atoms with Gasteiger partial charge in [0.05, 0.1) is 17.8 Å². The van der Waals surface area contributed by atoms with Gasteiger partial charge in [0.15, 0.2) is 0 Å². The Morgan fingerprint density at radius 2 is 2.21 bits per heavy atom. The molecule has 0 radical (unpaired) electrons. The van der Waals surface area contributed by atoms with Gasteiger partial charge < -0.3 is 5.32 Å². The number of carbonyl (C=O) groups excluding carboxylic acids is 1. The fourth-order valence-corrected chi connectivity index (χ4v) is 2.65. The third-order valence-corrected chi connectivity index (χ3v) is 3.78. The summed E-state index contributed by atoms with van der Waals surface area (Å²) < 4.78 is 0.913. The Kier molecular flexibility index (Phi) is 4.76. The molecular formula is C14H12ClIN2O. The van der Waals surface area contributed by atoms with E-state index >= 15 is 0 Å². The largest absolute Gasteiger partial charge is 0.325 e. The number of halogens is 2. The van der Waals surface area contributed by atoms with E-state index < -0.39 is 0 Å². The quantitative estimate of drug-likeness (QED) is 0.815. The van der Waals surface area contributed by atoms with Crippen LogP contribution in [0, 0.1) is 10.5 Å². The van der Waals surface area contributed by atoms with Crippen molar-refractivity contribution < 1.29 is 4.79 Å². The second-order valence-electron chi connectivity index (χ2n) is 4.12. The summed E-state index contributed by atoms with van der Waals surface area (Å²) in [6.45, 7) is 1.95. The summed E-state index contributed by atoms with van der Waals surface area (Å²) in [4.78, 5) is 16.2. The molecule has 98 valence electrons. The van der Waals surface area contributed by atoms with Crippen molar-refractivity contribution in [1.29, 1.82) is 0 Å². The number of hydrogen-bond donors (Lipinski definition) is 1. The van der Waals surface area contributed by atoms with Gasteiger partial charge in [0, 0.05) is 14.8 Å². The lowest BCUT2D eigenvalue weighted by molar-refractivity contribution is -0.115. The molecule has 5 heteroatoms. The Morgan fingerprint density at radius 1 is 1.42 bits per heavy atom. The van der Waals surface area contributed by atoms with E-state index in [0.29, 0.717) is 5.02 Å². The smallest absolute Gasteiger partial charge is 0.230 e. The first kappa shape index (κ1) is 14.3. The van der Waals surface area contributed by atoms with Gasteiger partial charge >= 0.3 is 0 Å². The van der Waals surface area contributed by atoms with Crippen molar-refractivity contribution in [3.63, 3.8) is 0 Å². The summed E-state index contributed by atoms with van der Waals surface area (Å²) in [5.41, 5.74) is 2.58. The van der Waals surface area contributed by atoms with Crippen LogP contribution in [0.5, 0.6) is 0 Å². The van der Waals surface area contributed by atoms with Crippen molar-refractivity contribution >= 4 is 45.8 Å². The van der Waals surface area contributed by atoms with Crippen LogP contribution >= 0.6 is 34.2 Å². The van der Waals surface area contributed by atoms with Gasteiger partial charge in [-0.05, 0) is 59.3 Å². The Hall–Kier alpha value is -1.14. The molecule has 0 bridgehead atoms. The molecule has 0 fully saturated rings. The number of nitrogens with one attached hydrogen (secondary N) is 1. The highest BCUT2D eigenvalue weighted by atomic mass is 127. The fourth-order valence-electron chi connectivity index (χ4n) is 1.64. The van der Waals surface area contributed by atoms with Crippen LogP contribution in [0.2, 0.25) is 5.02 Å². The van der Waals surface area contributed by atoms with Gasteiger partial charge in [-0.25, -0.2) is 0 Å². The number of pyridine rings is 1. The minimum Gasteiger partial charge on any atom is -0.325 e. The summed E-state index contributed by atoms with van der Waals surface area (Å²) in [6, 6.07) is 9.17. The number of aromatic nitrogens is 1. The SMILES string of the molecule is Cc1cccnc1CC(=O)Nc1ccc(Cl)cc1I. The second-order valence-corrected chi connectivity index (χ2v) is 5.71. The summed E-state index contributed by atoms with van der Waals surface area (Å²) in [6.07, 6.45) is 1.97. The van der Waals surface area contributed by atoms with Crippen LogP contribution in [-0.4, -0.2) is 10.9 Å². The predicted molar refractivity (Wildman–Crippen MR) is 85.5 cm³/mol. The maximum Gasteiger partial charge on any atom is 0.230 e. The third-order valence-electron chi connectivity index (χ3n) is 2.65. The van der Waals surface area contributed by atoms with Crippen molar-refractivity contribution in [2.45, 2.75) is 13.3 Å². The summed E-state index contributed by atoms with van der Waals surface area (Å²) in [5.74, 6) is -0.0814. The van der Waals surface area contributed by atoms with E-state index in [0.717, 1.165) is 20.5 Å². The zero-order valence-electron chi connectivity index (χ0n) is 10.3. The summed E-state index contributed by atoms with van der Waals surface area (Å²) in [5, 5.41) is 3.52. The molecule has 2 aromatic rings. The molecule has 1 amide bonds. The molecule has 19 heavy (non-hydrogen) atoms. The summed E-state index contributed by atoms with van der Waals surface area (Å²) >= 11 is 8.02. The summed E-state index contributed by atoms with van der Waals surface area (Å²) in [7, 11) is 0. The van der Waals surface area contributed by atoms with Crippen LogP contribution < -0.4 is 5.32 Å². The molecule has 0 aliphatic rings. The molecule has 3 nitrogen and oxygen atoms in total. The van der Waals surface area contributed by atoms with E-state index in [1.54, 1.807) is 18.3 Å². The van der Waals surface area contributed by atoms with Gasteiger partial charge in [0.25, 0.3) is 0 Å². The minimum absolute atomic E-state index is 0.0814. The Labute approximate surface area is 130 Å². The minimum atomic E-state index is -0.0814. The van der Waals surface area contributed by atoms with Crippen LogP contribution in [0.1, 0.15) is 11.3 Å². The number of amides is 1. The molecule has 0 aliphatic heterocycles. The Morgan fingerprint density at radius 3 is 2.89 bits per heavy atom. The van der Waals surface area contributed by atoms with Crippen molar-refractivity contribution in [2.75, 3.05) is 5.32 Å². The Bertz CT molecular complexity index is 616. The average Bonchev–Trinajstić information content (AvgIpc) is 2.36. The molecule has 0 aliphatic carbocycles. The van der Waals surface area contributed by atoms with Gasteiger partial charge in [-0.2, -0.15) is 0 Å². The van der Waals surface area contributed by atoms with Crippen LogP contribution in [0.4, 0.5) is 5.69 Å². The third kappa shape index (κ3) is 3.91. The molecule has 0 saturated heterocycles. The molecule has 0 saturated carbocycles. The lowest BCUT2D eigenvalue weighted by Crippen LogP contribution is -2.16. The van der Waals surface area contributed by atoms with Gasteiger partial charge in [-0.3, -0.25) is 9.78 Å². The standard InChI is InChI=1S/C14H12ClIN2O/c1-9-3-2-6-17-13(9)8-14(19)18-12-5-4-10(15)7-11(12)16/h2-7H,8H2,1H3,(H,18,19). The first-order valence-electron chi connectivity index (χ1n) is 5.71. The lowest BCUT2D eigenvalue weighted by atomic mass is 10.1. The zero-order valence-corrected chi connectivity index (χ0v) is 13.2. The van der Waals surface area contributed by atoms with Crippen molar-refractivity contribution in [2.24, 2.45) is 0 Å². The molecule has 2 rings (SSSR count). The molecular weight excluding hydrogens is 375 g/mol. The van der Waals surface area contributed by atoms with Gasteiger partial charge in [0.2, 0.25) is 5.91 Å². The highest BCUT2D eigenvalue weighted by molar-refractivity contribution is 14.1. The fraction of sp³-hybridized carbons (Fsp3) is 0.143. The lowest BCUT2D eigenvalue weighted by Gasteiger charge is -2.08. The maximum atomic E-state index is 12.0. The highest BCUT2D eigenvalue weighted by Crippen LogP contribution is 2.22. The Balaban J connectivity index is 2.08. The van der Waals surface area contributed by atoms with Gasteiger partial charge in [-0.15, -0.1) is 0 Å². The van der Waals surface area contributed by atoms with E-state index in [1.165, 1.54) is 0 Å². The number of carbonyl (C=O) groups is 1. The molecule has 1 N–H and O–H groups in total. The number of hydrogen-bond acceptors (Lipinski definition) is 2. The first-order chi connectivity index (χ1) is 9.06. The maximum absolute atomic E-state index is 12.0. The zero-order chi connectivity index (χ0) is 13.8. The molecule has 1 aromatic carbocycles. The number of anilines is 1. The van der Waals surface area contributed by atoms with Gasteiger partial charge in [0.1, 0.15) is 0 Å². The van der Waals surface area contributed by atoms with E-state index in [1.807, 2.05) is 25.1 Å². The molecule has 0 atom stereocenters. The average molecular weight is 387 g/mol. The number of nitrogens with zero attached hydrogens (tertiary/aromatic N) is 1. The van der Waals surface area contributed by atoms with E-state index in [2.05, 4.69) is 32.9 Å². The normalized spacial score (nSPS) is 10.3.